The average Bonchev–Trinajstić information content (AvgIpc) is 2.99. The largest absolute Gasteiger partial charge is 0.176 e. The second-order valence-electron chi connectivity index (χ2n) is 10.4. The Morgan fingerprint density at radius 1 is 0.625 bits per heavy atom. The first-order valence-electron chi connectivity index (χ1n) is 11.8. The van der Waals surface area contributed by atoms with Crippen molar-refractivity contribution in [2.45, 2.75) is 53.9 Å². The number of benzene rings is 3. The minimum Gasteiger partial charge on any atom is -0.0636 e. The van der Waals surface area contributed by atoms with Gasteiger partial charge < -0.3 is 0 Å². The van der Waals surface area contributed by atoms with Crippen LogP contribution in [0.4, 0.5) is 0 Å². The lowest BCUT2D eigenvalue weighted by Gasteiger charge is -2.39. The van der Waals surface area contributed by atoms with Crippen molar-refractivity contribution < 1.29 is 0 Å². The molecule has 0 N–H and O–H groups in total. The van der Waals surface area contributed by atoms with Gasteiger partial charge in [-0.3, -0.25) is 0 Å². The van der Waals surface area contributed by atoms with Gasteiger partial charge in [0.25, 0.3) is 0 Å². The highest BCUT2D eigenvalue weighted by atomic mass is 28.3. The first-order chi connectivity index (χ1) is 15.2. The van der Waals surface area contributed by atoms with Crippen LogP contribution in [0.25, 0.3) is 0 Å². The Morgan fingerprint density at radius 2 is 1.12 bits per heavy atom. The summed E-state index contributed by atoms with van der Waals surface area (Å²) in [6.07, 6.45) is 0. The fourth-order valence-corrected chi connectivity index (χ4v) is 11.2. The molecule has 0 nitrogen and oxygen atoms in total. The zero-order valence-corrected chi connectivity index (χ0v) is 21.7. The molecule has 1 unspecified atom stereocenters. The smallest absolute Gasteiger partial charge is 0.0636 e. The van der Waals surface area contributed by atoms with Crippen molar-refractivity contribution in [3.63, 3.8) is 0 Å². The molecule has 0 amide bonds. The van der Waals surface area contributed by atoms with E-state index in [0.29, 0.717) is 5.92 Å². The monoisotopic (exact) mass is 436 g/mol. The van der Waals surface area contributed by atoms with Crippen molar-refractivity contribution >= 4 is 23.6 Å². The molecular formula is C31H36Si. The van der Waals surface area contributed by atoms with Gasteiger partial charge in [-0.25, -0.2) is 0 Å². The first-order valence-corrected chi connectivity index (χ1v) is 13.8. The number of rotatable bonds is 4. The zero-order valence-electron chi connectivity index (χ0n) is 20.7. The van der Waals surface area contributed by atoms with Crippen LogP contribution in [0, 0.1) is 5.92 Å². The van der Waals surface area contributed by atoms with E-state index in [0.717, 1.165) is 0 Å². The molecule has 1 aliphatic rings. The summed E-state index contributed by atoms with van der Waals surface area (Å²) in [5, 5.41) is 6.09. The van der Waals surface area contributed by atoms with Crippen molar-refractivity contribution in [3.8, 4) is 0 Å². The predicted molar refractivity (Wildman–Crippen MR) is 143 cm³/mol. The molecule has 1 aliphatic carbocycles. The van der Waals surface area contributed by atoms with Crippen molar-refractivity contribution in [3.05, 3.63) is 112 Å². The molecule has 0 saturated heterocycles. The minimum atomic E-state index is -2.47. The van der Waals surface area contributed by atoms with Gasteiger partial charge in [0, 0.05) is 0 Å². The van der Waals surface area contributed by atoms with Crippen LogP contribution in [-0.2, 0) is 5.41 Å². The summed E-state index contributed by atoms with van der Waals surface area (Å²) in [4.78, 5) is 0. The summed E-state index contributed by atoms with van der Waals surface area (Å²) < 4.78 is 0. The molecule has 3 aromatic carbocycles. The molecule has 0 spiro atoms. The van der Waals surface area contributed by atoms with Gasteiger partial charge in [0.05, 0.1) is 0 Å². The summed E-state index contributed by atoms with van der Waals surface area (Å²) in [6, 6.07) is 32.2. The normalized spacial score (nSPS) is 17.3. The highest BCUT2D eigenvalue weighted by Crippen LogP contribution is 2.41. The lowest BCUT2D eigenvalue weighted by Crippen LogP contribution is -2.69. The number of hydrogen-bond donors (Lipinski definition) is 0. The summed E-state index contributed by atoms with van der Waals surface area (Å²) in [5.74, 6) is 0.445. The topological polar surface area (TPSA) is 0 Å². The van der Waals surface area contributed by atoms with Crippen molar-refractivity contribution in [1.29, 1.82) is 0 Å². The standard InChI is InChI=1S/C31H36Si/c1-22-23(2)25(4)30(24(22)3)32(27-16-10-8-11-17-27,28-18-12-9-13-19-28)29-20-14-15-26(21-29)31(5,6)7/h8-21,24H,1-7H3. The summed E-state index contributed by atoms with van der Waals surface area (Å²) in [5.41, 5.74) is 6.01. The molecule has 0 fully saturated rings. The molecule has 0 aliphatic heterocycles. The van der Waals surface area contributed by atoms with Crippen LogP contribution < -0.4 is 15.6 Å². The van der Waals surface area contributed by atoms with E-state index in [-0.39, 0.29) is 5.41 Å². The van der Waals surface area contributed by atoms with Gasteiger partial charge in [0.2, 0.25) is 0 Å². The molecule has 1 heteroatoms. The third-order valence-corrected chi connectivity index (χ3v) is 12.8. The highest BCUT2D eigenvalue weighted by Gasteiger charge is 2.48. The Labute approximate surface area is 195 Å². The fourth-order valence-electron chi connectivity index (χ4n) is 5.53. The molecule has 0 saturated carbocycles. The molecule has 0 aromatic heterocycles. The Morgan fingerprint density at radius 3 is 1.56 bits per heavy atom. The molecule has 0 bridgehead atoms. The summed E-state index contributed by atoms with van der Waals surface area (Å²) >= 11 is 0. The highest BCUT2D eigenvalue weighted by molar-refractivity contribution is 7.16. The van der Waals surface area contributed by atoms with E-state index < -0.39 is 8.07 Å². The van der Waals surface area contributed by atoms with Crippen LogP contribution >= 0.6 is 0 Å². The van der Waals surface area contributed by atoms with E-state index in [1.165, 1.54) is 37.8 Å². The maximum absolute atomic E-state index is 2.52. The predicted octanol–water partition coefficient (Wildman–Crippen LogP) is 6.30. The van der Waals surface area contributed by atoms with Crippen molar-refractivity contribution in [2.24, 2.45) is 5.92 Å². The molecule has 0 heterocycles. The third kappa shape index (κ3) is 3.53. The first kappa shape index (κ1) is 22.5. The second-order valence-corrected chi connectivity index (χ2v) is 14.2. The maximum atomic E-state index is 2.52. The van der Waals surface area contributed by atoms with E-state index in [9.17, 15) is 0 Å². The minimum absolute atomic E-state index is 0.109. The van der Waals surface area contributed by atoms with Crippen LogP contribution in [0.2, 0.25) is 0 Å². The van der Waals surface area contributed by atoms with E-state index in [1.807, 2.05) is 0 Å². The fraction of sp³-hybridized carbons (Fsp3) is 0.290. The van der Waals surface area contributed by atoms with Crippen LogP contribution in [0.15, 0.2) is 107 Å². The molecule has 32 heavy (non-hydrogen) atoms. The Kier molecular flexibility index (Phi) is 5.90. The molecule has 1 atom stereocenters. The van der Waals surface area contributed by atoms with Gasteiger partial charge in [0.1, 0.15) is 0 Å². The Bertz CT molecular complexity index is 1130. The van der Waals surface area contributed by atoms with Crippen molar-refractivity contribution in [2.75, 3.05) is 0 Å². The maximum Gasteiger partial charge on any atom is 0.176 e. The quantitative estimate of drug-likeness (QED) is 0.333. The second kappa shape index (κ2) is 8.37. The van der Waals surface area contributed by atoms with E-state index >= 15 is 0 Å². The molecule has 164 valence electrons. The summed E-state index contributed by atoms with van der Waals surface area (Å²) in [6.45, 7) is 16.4. The lowest BCUT2D eigenvalue weighted by molar-refractivity contribution is 0.591. The molecule has 0 radical (unpaired) electrons. The van der Waals surface area contributed by atoms with Gasteiger partial charge in [-0.05, 0) is 58.8 Å². The zero-order chi connectivity index (χ0) is 23.1. The number of allylic oxidation sites excluding steroid dienone is 4. The lowest BCUT2D eigenvalue weighted by atomic mass is 9.87. The summed E-state index contributed by atoms with van der Waals surface area (Å²) in [7, 11) is -2.47. The Hall–Kier alpha value is -2.64. The Balaban J connectivity index is 2.17. The van der Waals surface area contributed by atoms with E-state index in [4.69, 9.17) is 0 Å². The average molecular weight is 437 g/mol. The van der Waals surface area contributed by atoms with Gasteiger partial charge in [-0.2, -0.15) is 0 Å². The van der Waals surface area contributed by atoms with Crippen molar-refractivity contribution in [1.82, 2.24) is 0 Å². The van der Waals surface area contributed by atoms with Gasteiger partial charge in [-0.15, -0.1) is 0 Å². The third-order valence-electron chi connectivity index (χ3n) is 7.62. The molecule has 4 rings (SSSR count). The van der Waals surface area contributed by atoms with Crippen LogP contribution in [0.5, 0.6) is 0 Å². The van der Waals surface area contributed by atoms with Crippen LogP contribution in [0.3, 0.4) is 0 Å². The van der Waals surface area contributed by atoms with Crippen LogP contribution in [0.1, 0.15) is 54.0 Å². The van der Waals surface area contributed by atoms with Crippen LogP contribution in [-0.4, -0.2) is 8.07 Å². The van der Waals surface area contributed by atoms with E-state index in [1.54, 1.807) is 5.20 Å². The van der Waals surface area contributed by atoms with Gasteiger partial charge in [0.15, 0.2) is 8.07 Å². The molecule has 3 aromatic rings. The van der Waals surface area contributed by atoms with Gasteiger partial charge >= 0.3 is 0 Å². The van der Waals surface area contributed by atoms with E-state index in [2.05, 4.69) is 133 Å². The molecular weight excluding hydrogens is 400 g/mol. The number of hydrogen-bond acceptors (Lipinski definition) is 0. The SMILES string of the molecule is CC1=C(C)C(C)C([Si](c2ccccc2)(c2ccccc2)c2cccc(C(C)(C)C)c2)=C1C. The van der Waals surface area contributed by atoms with Gasteiger partial charge in [-0.1, -0.05) is 129 Å².